The van der Waals surface area contributed by atoms with E-state index in [0.29, 0.717) is 27.0 Å². The summed E-state index contributed by atoms with van der Waals surface area (Å²) < 4.78 is 30.8. The molecule has 0 aliphatic heterocycles. The summed E-state index contributed by atoms with van der Waals surface area (Å²) in [6.45, 7) is 1.80. The maximum Gasteiger partial charge on any atom is 0.240 e. The minimum atomic E-state index is -3.65. The second-order valence-corrected chi connectivity index (χ2v) is 8.58. The maximum absolute atomic E-state index is 12.2. The molecule has 9 heteroatoms. The van der Waals surface area contributed by atoms with Crippen molar-refractivity contribution in [2.45, 2.75) is 6.92 Å². The Morgan fingerprint density at radius 2 is 1.89 bits per heavy atom. The highest BCUT2D eigenvalue weighted by molar-refractivity contribution is 7.92. The molecule has 0 saturated heterocycles. The number of para-hydroxylation sites is 1. The molecule has 0 fully saturated rings. The third-order valence-corrected chi connectivity index (χ3v) is 5.31. The van der Waals surface area contributed by atoms with E-state index in [2.05, 4.69) is 5.32 Å². The van der Waals surface area contributed by atoms with Crippen LogP contribution < -0.4 is 14.4 Å². The van der Waals surface area contributed by atoms with E-state index in [-0.39, 0.29) is 19.7 Å². The molecular weight excluding hydrogens is 411 g/mol. The zero-order valence-electron chi connectivity index (χ0n) is 14.9. The molecule has 146 valence electrons. The SMILES string of the molecule is Cc1cc(Cl)ccc1N(CC(=O)NCCOc1ccccc1Cl)S(C)(=O)=O. The van der Waals surface area contributed by atoms with Crippen molar-refractivity contribution in [1.82, 2.24) is 5.32 Å². The van der Waals surface area contributed by atoms with E-state index in [1.54, 1.807) is 49.4 Å². The van der Waals surface area contributed by atoms with E-state index in [0.717, 1.165) is 10.6 Å². The number of sulfonamides is 1. The third kappa shape index (κ3) is 6.30. The molecule has 2 rings (SSSR count). The lowest BCUT2D eigenvalue weighted by Crippen LogP contribution is -2.41. The molecule has 0 bridgehead atoms. The van der Waals surface area contributed by atoms with E-state index < -0.39 is 15.9 Å². The van der Waals surface area contributed by atoms with Crippen molar-refractivity contribution >= 4 is 44.8 Å². The van der Waals surface area contributed by atoms with Gasteiger partial charge in [-0.25, -0.2) is 8.42 Å². The first-order valence-electron chi connectivity index (χ1n) is 8.06. The fraction of sp³-hybridized carbons (Fsp3) is 0.278. The normalized spacial score (nSPS) is 11.1. The van der Waals surface area contributed by atoms with E-state index in [1.165, 1.54) is 0 Å². The van der Waals surface area contributed by atoms with Gasteiger partial charge in [0.2, 0.25) is 15.9 Å². The topological polar surface area (TPSA) is 75.7 Å². The van der Waals surface area contributed by atoms with Gasteiger partial charge in [-0.1, -0.05) is 35.3 Å². The van der Waals surface area contributed by atoms with E-state index in [9.17, 15) is 13.2 Å². The lowest BCUT2D eigenvalue weighted by molar-refractivity contribution is -0.119. The average molecular weight is 431 g/mol. The first kappa shape index (κ1) is 21.3. The van der Waals surface area contributed by atoms with E-state index in [1.807, 2.05) is 0 Å². The van der Waals surface area contributed by atoms with Crippen molar-refractivity contribution in [3.05, 3.63) is 58.1 Å². The molecule has 0 spiro atoms. The highest BCUT2D eigenvalue weighted by atomic mass is 35.5. The number of nitrogens with one attached hydrogen (secondary N) is 1. The second-order valence-electron chi connectivity index (χ2n) is 5.83. The van der Waals surface area contributed by atoms with E-state index in [4.69, 9.17) is 27.9 Å². The van der Waals surface area contributed by atoms with Gasteiger partial charge < -0.3 is 10.1 Å². The van der Waals surface area contributed by atoms with Crippen molar-refractivity contribution in [3.8, 4) is 5.75 Å². The number of nitrogens with zero attached hydrogens (tertiary/aromatic N) is 1. The van der Waals surface area contributed by atoms with Gasteiger partial charge in [0.1, 0.15) is 18.9 Å². The number of benzene rings is 2. The molecule has 27 heavy (non-hydrogen) atoms. The quantitative estimate of drug-likeness (QED) is 0.651. The van der Waals surface area contributed by atoms with Crippen molar-refractivity contribution in [2.75, 3.05) is 30.3 Å². The fourth-order valence-electron chi connectivity index (χ4n) is 2.38. The molecule has 0 radical (unpaired) electrons. The van der Waals surface area contributed by atoms with Crippen LogP contribution in [0.1, 0.15) is 5.56 Å². The van der Waals surface area contributed by atoms with Crippen LogP contribution in [0.25, 0.3) is 0 Å². The summed E-state index contributed by atoms with van der Waals surface area (Å²) in [6, 6.07) is 11.8. The number of halogens is 2. The standard InChI is InChI=1S/C18H20Cl2N2O4S/c1-13-11-14(19)7-8-16(13)22(27(2,24)25)12-18(23)21-9-10-26-17-6-4-3-5-15(17)20/h3-8,11H,9-10,12H2,1-2H3,(H,21,23). The lowest BCUT2D eigenvalue weighted by atomic mass is 10.2. The summed E-state index contributed by atoms with van der Waals surface area (Å²) in [4.78, 5) is 12.2. The first-order chi connectivity index (χ1) is 12.7. The summed E-state index contributed by atoms with van der Waals surface area (Å²) in [7, 11) is -3.65. The average Bonchev–Trinajstić information content (AvgIpc) is 2.58. The fourth-order valence-corrected chi connectivity index (χ4v) is 3.71. The summed E-state index contributed by atoms with van der Waals surface area (Å²) >= 11 is 11.9. The lowest BCUT2D eigenvalue weighted by Gasteiger charge is -2.23. The number of rotatable bonds is 8. The van der Waals surface area contributed by atoms with Crippen LogP contribution in [0.15, 0.2) is 42.5 Å². The van der Waals surface area contributed by atoms with Gasteiger partial charge in [0, 0.05) is 5.02 Å². The Morgan fingerprint density at radius 1 is 1.19 bits per heavy atom. The molecule has 1 N–H and O–H groups in total. The number of anilines is 1. The molecule has 0 atom stereocenters. The predicted octanol–water partition coefficient (Wildman–Crippen LogP) is 3.26. The number of carbonyl (C=O) groups excluding carboxylic acids is 1. The largest absolute Gasteiger partial charge is 0.490 e. The Morgan fingerprint density at radius 3 is 2.52 bits per heavy atom. The van der Waals surface area contributed by atoms with E-state index >= 15 is 0 Å². The molecule has 0 heterocycles. The van der Waals surface area contributed by atoms with Gasteiger partial charge in [-0.2, -0.15) is 0 Å². The van der Waals surface area contributed by atoms with Gasteiger partial charge in [-0.3, -0.25) is 9.10 Å². The summed E-state index contributed by atoms with van der Waals surface area (Å²) in [5, 5.41) is 3.61. The maximum atomic E-state index is 12.2. The second kappa shape index (κ2) is 9.30. The number of amides is 1. The number of aryl methyl sites for hydroxylation is 1. The smallest absolute Gasteiger partial charge is 0.240 e. The Balaban J connectivity index is 1.95. The zero-order valence-corrected chi connectivity index (χ0v) is 17.2. The highest BCUT2D eigenvalue weighted by Crippen LogP contribution is 2.25. The van der Waals surface area contributed by atoms with Crippen molar-refractivity contribution in [3.63, 3.8) is 0 Å². The van der Waals surface area contributed by atoms with Crippen molar-refractivity contribution in [2.24, 2.45) is 0 Å². The summed E-state index contributed by atoms with van der Waals surface area (Å²) in [6.07, 6.45) is 1.05. The number of hydrogen-bond donors (Lipinski definition) is 1. The first-order valence-corrected chi connectivity index (χ1v) is 10.7. The molecule has 0 aliphatic rings. The molecule has 0 saturated carbocycles. The Kier molecular flexibility index (Phi) is 7.35. The van der Waals surface area contributed by atoms with Crippen LogP contribution in [0, 0.1) is 6.92 Å². The monoisotopic (exact) mass is 430 g/mol. The van der Waals surface area contributed by atoms with Crippen LogP contribution in [0.4, 0.5) is 5.69 Å². The van der Waals surface area contributed by atoms with Crippen LogP contribution in [-0.4, -0.2) is 40.3 Å². The minimum Gasteiger partial charge on any atom is -0.490 e. The molecule has 1 amide bonds. The number of ether oxygens (including phenoxy) is 1. The van der Waals surface area contributed by atoms with Gasteiger partial charge in [0.15, 0.2) is 0 Å². The van der Waals surface area contributed by atoms with Gasteiger partial charge >= 0.3 is 0 Å². The molecule has 6 nitrogen and oxygen atoms in total. The van der Waals surface area contributed by atoms with Crippen molar-refractivity contribution in [1.29, 1.82) is 0 Å². The molecule has 0 aromatic heterocycles. The molecular formula is C18H20Cl2N2O4S. The Bertz CT molecular complexity index is 919. The van der Waals surface area contributed by atoms with Gasteiger partial charge in [0.25, 0.3) is 0 Å². The van der Waals surface area contributed by atoms with Gasteiger partial charge in [-0.15, -0.1) is 0 Å². The highest BCUT2D eigenvalue weighted by Gasteiger charge is 2.22. The van der Waals surface area contributed by atoms with Crippen LogP contribution >= 0.6 is 23.2 Å². The Hall–Kier alpha value is -1.96. The molecule has 2 aromatic rings. The van der Waals surface area contributed by atoms with Gasteiger partial charge in [-0.05, 0) is 42.8 Å². The Labute approximate surface area is 169 Å². The van der Waals surface area contributed by atoms with Crippen LogP contribution in [0.3, 0.4) is 0 Å². The summed E-state index contributed by atoms with van der Waals surface area (Å²) in [5.41, 5.74) is 1.06. The van der Waals surface area contributed by atoms with Crippen LogP contribution in [-0.2, 0) is 14.8 Å². The van der Waals surface area contributed by atoms with Crippen LogP contribution in [0.5, 0.6) is 5.75 Å². The molecule has 0 aliphatic carbocycles. The molecule has 2 aromatic carbocycles. The predicted molar refractivity (Wildman–Crippen MR) is 108 cm³/mol. The summed E-state index contributed by atoms with van der Waals surface area (Å²) in [5.74, 6) is 0.0699. The minimum absolute atomic E-state index is 0.203. The van der Waals surface area contributed by atoms with Crippen LogP contribution in [0.2, 0.25) is 10.0 Å². The zero-order chi connectivity index (χ0) is 20.0. The number of hydrogen-bond acceptors (Lipinski definition) is 4. The third-order valence-electron chi connectivity index (χ3n) is 3.63. The molecule has 0 unspecified atom stereocenters. The number of carbonyl (C=O) groups is 1. The van der Waals surface area contributed by atoms with Gasteiger partial charge in [0.05, 0.1) is 23.5 Å². The van der Waals surface area contributed by atoms with Crippen molar-refractivity contribution < 1.29 is 17.9 Å².